The van der Waals surface area contributed by atoms with Crippen LogP contribution in [0.2, 0.25) is 0 Å². The molecule has 4 nitrogen and oxygen atoms in total. The van der Waals surface area contributed by atoms with Crippen LogP contribution in [0.5, 0.6) is 0 Å². The van der Waals surface area contributed by atoms with Gasteiger partial charge in [0.1, 0.15) is 0 Å². The molecule has 4 heteroatoms. The monoisotopic (exact) mass is 276 g/mol. The van der Waals surface area contributed by atoms with Crippen molar-refractivity contribution in [2.24, 2.45) is 5.92 Å². The Balaban J connectivity index is 1.74. The fourth-order valence-corrected chi connectivity index (χ4v) is 3.51. The molecule has 0 radical (unpaired) electrons. The molecule has 3 rings (SSSR count). The number of rotatable bonds is 5. The van der Waals surface area contributed by atoms with Gasteiger partial charge in [0.25, 0.3) is 0 Å². The summed E-state index contributed by atoms with van der Waals surface area (Å²) in [5.74, 6) is 0.930. The third-order valence-corrected chi connectivity index (χ3v) is 4.85. The van der Waals surface area contributed by atoms with Crippen LogP contribution in [0, 0.1) is 12.8 Å². The van der Waals surface area contributed by atoms with Gasteiger partial charge < -0.3 is 5.32 Å². The molecule has 2 fully saturated rings. The molecule has 1 aliphatic heterocycles. The minimum Gasteiger partial charge on any atom is -0.311 e. The highest BCUT2D eigenvalue weighted by Crippen LogP contribution is 2.37. The van der Waals surface area contributed by atoms with Gasteiger partial charge >= 0.3 is 0 Å². The SMILES string of the molecule is CCC1CN(Cc2cc(C)nn2CC)C(C2CC2)CN1. The first-order valence-electron chi connectivity index (χ1n) is 8.22. The first-order valence-corrected chi connectivity index (χ1v) is 8.22. The molecule has 1 aromatic heterocycles. The van der Waals surface area contributed by atoms with E-state index in [0.717, 1.165) is 30.7 Å². The standard InChI is InChI=1S/C16H28N4/c1-4-14-10-19(16(9-17-14)13-6-7-13)11-15-8-12(3)18-20(15)5-2/h8,13-14,16-17H,4-7,9-11H2,1-3H3. The molecule has 2 heterocycles. The van der Waals surface area contributed by atoms with Crippen LogP contribution in [0.1, 0.15) is 44.5 Å². The predicted molar refractivity (Wildman–Crippen MR) is 81.6 cm³/mol. The molecule has 1 N–H and O–H groups in total. The molecule has 2 atom stereocenters. The zero-order valence-electron chi connectivity index (χ0n) is 13.1. The van der Waals surface area contributed by atoms with Crippen LogP contribution in [-0.2, 0) is 13.1 Å². The number of hydrogen-bond donors (Lipinski definition) is 1. The normalized spacial score (nSPS) is 27.9. The smallest absolute Gasteiger partial charge is 0.0597 e. The van der Waals surface area contributed by atoms with Gasteiger partial charge in [0.15, 0.2) is 0 Å². The Hall–Kier alpha value is -0.870. The lowest BCUT2D eigenvalue weighted by molar-refractivity contribution is 0.103. The van der Waals surface area contributed by atoms with Gasteiger partial charge in [-0.1, -0.05) is 6.92 Å². The largest absolute Gasteiger partial charge is 0.311 e. The van der Waals surface area contributed by atoms with Crippen molar-refractivity contribution in [1.29, 1.82) is 0 Å². The summed E-state index contributed by atoms with van der Waals surface area (Å²) in [6.07, 6.45) is 4.07. The Kier molecular flexibility index (Phi) is 4.13. The summed E-state index contributed by atoms with van der Waals surface area (Å²) in [5, 5.41) is 8.32. The highest BCUT2D eigenvalue weighted by atomic mass is 15.3. The van der Waals surface area contributed by atoms with E-state index < -0.39 is 0 Å². The van der Waals surface area contributed by atoms with E-state index in [9.17, 15) is 0 Å². The van der Waals surface area contributed by atoms with E-state index in [2.05, 4.69) is 46.8 Å². The molecule has 0 aromatic carbocycles. The van der Waals surface area contributed by atoms with Crippen LogP contribution in [0.3, 0.4) is 0 Å². The van der Waals surface area contributed by atoms with Crippen molar-refractivity contribution in [2.75, 3.05) is 13.1 Å². The highest BCUT2D eigenvalue weighted by Gasteiger charge is 2.38. The van der Waals surface area contributed by atoms with Crippen LogP contribution in [0.25, 0.3) is 0 Å². The highest BCUT2D eigenvalue weighted by molar-refractivity contribution is 5.10. The van der Waals surface area contributed by atoms with Gasteiger partial charge in [0.2, 0.25) is 0 Å². The van der Waals surface area contributed by atoms with E-state index in [0.29, 0.717) is 6.04 Å². The molecular weight excluding hydrogens is 248 g/mol. The number of nitrogens with zero attached hydrogens (tertiary/aromatic N) is 3. The van der Waals surface area contributed by atoms with Crippen molar-refractivity contribution < 1.29 is 0 Å². The molecule has 1 aromatic rings. The molecule has 1 aliphatic carbocycles. The minimum absolute atomic E-state index is 0.657. The Labute approximate surface area is 122 Å². The van der Waals surface area contributed by atoms with Crippen LogP contribution in [0.4, 0.5) is 0 Å². The van der Waals surface area contributed by atoms with Crippen LogP contribution < -0.4 is 5.32 Å². The molecule has 0 bridgehead atoms. The van der Waals surface area contributed by atoms with Crippen molar-refractivity contribution in [3.8, 4) is 0 Å². The zero-order chi connectivity index (χ0) is 14.1. The van der Waals surface area contributed by atoms with Crippen molar-refractivity contribution in [3.05, 3.63) is 17.5 Å². The Morgan fingerprint density at radius 1 is 1.35 bits per heavy atom. The topological polar surface area (TPSA) is 33.1 Å². The second kappa shape index (κ2) is 5.86. The maximum Gasteiger partial charge on any atom is 0.0597 e. The van der Waals surface area contributed by atoms with Gasteiger partial charge in [-0.15, -0.1) is 0 Å². The zero-order valence-corrected chi connectivity index (χ0v) is 13.1. The first kappa shape index (κ1) is 14.1. The quantitative estimate of drug-likeness (QED) is 0.895. The summed E-state index contributed by atoms with van der Waals surface area (Å²) in [5.41, 5.74) is 2.53. The van der Waals surface area contributed by atoms with Gasteiger partial charge in [-0.25, -0.2) is 0 Å². The molecule has 1 saturated carbocycles. The number of aromatic nitrogens is 2. The number of piperazine rings is 1. The summed E-state index contributed by atoms with van der Waals surface area (Å²) in [6, 6.07) is 3.65. The molecule has 2 aliphatic rings. The summed E-state index contributed by atoms with van der Waals surface area (Å²) >= 11 is 0. The second-order valence-electron chi connectivity index (χ2n) is 6.44. The van der Waals surface area contributed by atoms with Crippen LogP contribution in [-0.4, -0.2) is 39.9 Å². The fraction of sp³-hybridized carbons (Fsp3) is 0.812. The minimum atomic E-state index is 0.657. The summed E-state index contributed by atoms with van der Waals surface area (Å²) in [4.78, 5) is 2.71. The molecule has 1 saturated heterocycles. The van der Waals surface area contributed by atoms with E-state index in [4.69, 9.17) is 0 Å². The molecule has 20 heavy (non-hydrogen) atoms. The molecule has 0 amide bonds. The van der Waals surface area contributed by atoms with Gasteiger partial charge in [-0.05, 0) is 45.1 Å². The average molecular weight is 276 g/mol. The van der Waals surface area contributed by atoms with E-state index in [-0.39, 0.29) is 0 Å². The Morgan fingerprint density at radius 2 is 2.15 bits per heavy atom. The Bertz CT molecular complexity index is 449. The van der Waals surface area contributed by atoms with Gasteiger partial charge in [-0.2, -0.15) is 5.10 Å². The van der Waals surface area contributed by atoms with Gasteiger partial charge in [0, 0.05) is 38.3 Å². The lowest BCUT2D eigenvalue weighted by Crippen LogP contribution is -2.56. The van der Waals surface area contributed by atoms with Crippen molar-refractivity contribution in [2.45, 2.75) is 65.2 Å². The second-order valence-corrected chi connectivity index (χ2v) is 6.44. The number of hydrogen-bond acceptors (Lipinski definition) is 3. The predicted octanol–water partition coefficient (Wildman–Crippen LogP) is 2.17. The van der Waals surface area contributed by atoms with E-state index >= 15 is 0 Å². The van der Waals surface area contributed by atoms with Crippen molar-refractivity contribution >= 4 is 0 Å². The van der Waals surface area contributed by atoms with Crippen molar-refractivity contribution in [3.63, 3.8) is 0 Å². The summed E-state index contributed by atoms with van der Waals surface area (Å²) in [6.45, 7) is 11.0. The lowest BCUT2D eigenvalue weighted by Gasteiger charge is -2.40. The average Bonchev–Trinajstić information content (AvgIpc) is 3.23. The van der Waals surface area contributed by atoms with Gasteiger partial charge in [-0.3, -0.25) is 9.58 Å². The first-order chi connectivity index (χ1) is 9.71. The van der Waals surface area contributed by atoms with Crippen molar-refractivity contribution in [1.82, 2.24) is 20.0 Å². The van der Waals surface area contributed by atoms with E-state index in [1.807, 2.05) is 0 Å². The molecule has 2 unspecified atom stereocenters. The number of nitrogens with one attached hydrogen (secondary N) is 1. The van der Waals surface area contributed by atoms with Crippen LogP contribution in [0.15, 0.2) is 6.07 Å². The molecular formula is C16H28N4. The molecule has 112 valence electrons. The summed E-state index contributed by atoms with van der Waals surface area (Å²) in [7, 11) is 0. The number of aryl methyl sites for hydroxylation is 2. The lowest BCUT2D eigenvalue weighted by atomic mass is 10.0. The third-order valence-electron chi connectivity index (χ3n) is 4.85. The summed E-state index contributed by atoms with van der Waals surface area (Å²) < 4.78 is 2.17. The fourth-order valence-electron chi connectivity index (χ4n) is 3.51. The maximum atomic E-state index is 4.59. The van der Waals surface area contributed by atoms with Crippen LogP contribution >= 0.6 is 0 Å². The Morgan fingerprint density at radius 3 is 2.80 bits per heavy atom. The van der Waals surface area contributed by atoms with E-state index in [1.54, 1.807) is 0 Å². The third kappa shape index (κ3) is 2.91. The maximum absolute atomic E-state index is 4.59. The van der Waals surface area contributed by atoms with Gasteiger partial charge in [0.05, 0.1) is 11.4 Å². The molecule has 0 spiro atoms. The van der Waals surface area contributed by atoms with E-state index in [1.165, 1.54) is 38.0 Å².